The van der Waals surface area contributed by atoms with Crippen molar-refractivity contribution in [1.82, 2.24) is 5.48 Å². The van der Waals surface area contributed by atoms with E-state index >= 15 is 0 Å². The summed E-state index contributed by atoms with van der Waals surface area (Å²) in [5.74, 6) is -1.10. The average Bonchev–Trinajstić information content (AvgIpc) is 2.31. The van der Waals surface area contributed by atoms with Gasteiger partial charge in [0, 0.05) is 6.92 Å². The van der Waals surface area contributed by atoms with Gasteiger partial charge >= 0.3 is 5.97 Å². The molecule has 0 radical (unpaired) electrons. The molecule has 3 N–H and O–H groups in total. The molecule has 1 aromatic rings. The summed E-state index contributed by atoms with van der Waals surface area (Å²) in [4.78, 5) is 14.8. The van der Waals surface area contributed by atoms with Crippen molar-refractivity contribution in [2.24, 2.45) is 15.9 Å². The zero-order valence-electron chi connectivity index (χ0n) is 9.35. The van der Waals surface area contributed by atoms with Crippen LogP contribution in [0.2, 0.25) is 0 Å². The molecule has 0 aliphatic carbocycles. The van der Waals surface area contributed by atoms with Gasteiger partial charge in [-0.15, -0.1) is 5.10 Å². The van der Waals surface area contributed by atoms with Gasteiger partial charge < -0.3 is 10.6 Å². The monoisotopic (exact) mass is 316 g/mol. The fourth-order valence-corrected chi connectivity index (χ4v) is 1.29. The summed E-state index contributed by atoms with van der Waals surface area (Å²) in [6.07, 6.45) is 1.37. The summed E-state index contributed by atoms with van der Waals surface area (Å²) in [7, 11) is 0. The van der Waals surface area contributed by atoms with Gasteiger partial charge in [0.1, 0.15) is 5.82 Å². The van der Waals surface area contributed by atoms with Crippen LogP contribution in [-0.4, -0.2) is 18.1 Å². The van der Waals surface area contributed by atoms with Crippen molar-refractivity contribution >= 4 is 34.1 Å². The first-order chi connectivity index (χ1) is 8.49. The Labute approximate surface area is 111 Å². The van der Waals surface area contributed by atoms with Crippen molar-refractivity contribution in [1.29, 1.82) is 0 Å². The Hall–Kier alpha value is -1.96. The normalized spacial score (nSPS) is 11.6. The van der Waals surface area contributed by atoms with Crippen LogP contribution in [0, 0.1) is 5.82 Å². The van der Waals surface area contributed by atoms with Gasteiger partial charge in [-0.3, -0.25) is 4.79 Å². The van der Waals surface area contributed by atoms with Crippen LogP contribution in [0.25, 0.3) is 0 Å². The lowest BCUT2D eigenvalue weighted by molar-refractivity contribution is -0.145. The van der Waals surface area contributed by atoms with Gasteiger partial charge in [0.2, 0.25) is 5.96 Å². The van der Waals surface area contributed by atoms with Crippen LogP contribution >= 0.6 is 15.9 Å². The average molecular weight is 317 g/mol. The molecular formula is C10H10BrFN4O2. The highest BCUT2D eigenvalue weighted by molar-refractivity contribution is 9.10. The first-order valence-corrected chi connectivity index (χ1v) is 5.53. The summed E-state index contributed by atoms with van der Waals surface area (Å²) < 4.78 is 13.2. The van der Waals surface area contributed by atoms with Crippen LogP contribution in [0.4, 0.5) is 4.39 Å². The molecule has 0 atom stereocenters. The second-order valence-electron chi connectivity index (χ2n) is 3.10. The van der Waals surface area contributed by atoms with E-state index in [0.29, 0.717) is 10.0 Å². The Kier molecular flexibility index (Phi) is 5.25. The van der Waals surface area contributed by atoms with Gasteiger partial charge in [-0.2, -0.15) is 10.6 Å². The quantitative estimate of drug-likeness (QED) is 0.489. The van der Waals surface area contributed by atoms with Gasteiger partial charge in [0.05, 0.1) is 10.7 Å². The SMILES string of the molecule is CC(=O)ONC(N)=NN=Cc1ccc(F)c(Br)c1. The Balaban J connectivity index is 2.60. The molecule has 0 aromatic heterocycles. The van der Waals surface area contributed by atoms with Crippen molar-refractivity contribution in [3.05, 3.63) is 34.1 Å². The molecular weight excluding hydrogens is 307 g/mol. The van der Waals surface area contributed by atoms with Crippen LogP contribution in [0.3, 0.4) is 0 Å². The van der Waals surface area contributed by atoms with Crippen LogP contribution in [0.1, 0.15) is 12.5 Å². The van der Waals surface area contributed by atoms with Gasteiger partial charge in [-0.05, 0) is 33.6 Å². The van der Waals surface area contributed by atoms with Crippen molar-refractivity contribution in [3.8, 4) is 0 Å². The predicted octanol–water partition coefficient (Wildman–Crippen LogP) is 1.30. The van der Waals surface area contributed by atoms with E-state index in [0.717, 1.165) is 0 Å². The summed E-state index contributed by atoms with van der Waals surface area (Å²) in [6.45, 7) is 1.21. The first kappa shape index (κ1) is 14.1. The van der Waals surface area contributed by atoms with E-state index < -0.39 is 5.97 Å². The number of carbonyl (C=O) groups is 1. The smallest absolute Gasteiger partial charge is 0.329 e. The number of nitrogens with two attached hydrogens (primary N) is 1. The van der Waals surface area contributed by atoms with E-state index in [1.54, 1.807) is 0 Å². The summed E-state index contributed by atoms with van der Waals surface area (Å²) in [5.41, 5.74) is 8.03. The van der Waals surface area contributed by atoms with Crippen molar-refractivity contribution in [2.45, 2.75) is 6.92 Å². The Morgan fingerprint density at radius 1 is 1.61 bits per heavy atom. The molecule has 0 heterocycles. The van der Waals surface area contributed by atoms with Crippen LogP contribution in [0.15, 0.2) is 32.9 Å². The van der Waals surface area contributed by atoms with Crippen LogP contribution in [-0.2, 0) is 9.63 Å². The third-order valence-corrected chi connectivity index (χ3v) is 2.22. The molecule has 96 valence electrons. The predicted molar refractivity (Wildman–Crippen MR) is 68.2 cm³/mol. The van der Waals surface area contributed by atoms with Crippen LogP contribution < -0.4 is 11.2 Å². The number of nitrogens with one attached hydrogen (secondary N) is 1. The number of nitrogens with zero attached hydrogens (tertiary/aromatic N) is 2. The van der Waals surface area contributed by atoms with E-state index in [-0.39, 0.29) is 11.8 Å². The van der Waals surface area contributed by atoms with E-state index in [4.69, 9.17) is 5.73 Å². The highest BCUT2D eigenvalue weighted by Gasteiger charge is 1.98. The Morgan fingerprint density at radius 2 is 2.33 bits per heavy atom. The van der Waals surface area contributed by atoms with Crippen molar-refractivity contribution < 1.29 is 14.0 Å². The third kappa shape index (κ3) is 4.91. The fourth-order valence-electron chi connectivity index (χ4n) is 0.895. The summed E-state index contributed by atoms with van der Waals surface area (Å²) in [5, 5.41) is 7.14. The van der Waals surface area contributed by atoms with E-state index in [1.807, 2.05) is 0 Å². The molecule has 0 saturated carbocycles. The lowest BCUT2D eigenvalue weighted by Crippen LogP contribution is -2.32. The zero-order chi connectivity index (χ0) is 13.5. The third-order valence-electron chi connectivity index (χ3n) is 1.62. The number of halogens is 2. The molecule has 8 heteroatoms. The molecule has 1 aromatic carbocycles. The Morgan fingerprint density at radius 3 is 2.94 bits per heavy atom. The minimum Gasteiger partial charge on any atom is -0.366 e. The number of guanidine groups is 1. The molecule has 0 unspecified atom stereocenters. The number of hydroxylamine groups is 1. The molecule has 0 spiro atoms. The number of rotatable bonds is 2. The van der Waals surface area contributed by atoms with Gasteiger partial charge in [-0.1, -0.05) is 6.07 Å². The fraction of sp³-hybridized carbons (Fsp3) is 0.100. The largest absolute Gasteiger partial charge is 0.366 e. The van der Waals surface area contributed by atoms with Gasteiger partial charge in [0.15, 0.2) is 0 Å². The van der Waals surface area contributed by atoms with Crippen molar-refractivity contribution in [3.63, 3.8) is 0 Å². The highest BCUT2D eigenvalue weighted by atomic mass is 79.9. The molecule has 18 heavy (non-hydrogen) atoms. The summed E-state index contributed by atoms with van der Waals surface area (Å²) >= 11 is 3.04. The second-order valence-corrected chi connectivity index (χ2v) is 3.95. The number of benzene rings is 1. The van der Waals surface area contributed by atoms with E-state index in [1.165, 1.54) is 31.3 Å². The highest BCUT2D eigenvalue weighted by Crippen LogP contribution is 2.15. The first-order valence-electron chi connectivity index (χ1n) is 4.74. The minimum absolute atomic E-state index is 0.178. The molecule has 0 fully saturated rings. The maximum atomic E-state index is 12.9. The lowest BCUT2D eigenvalue weighted by Gasteiger charge is -2.00. The number of carbonyl (C=O) groups excluding carboxylic acids is 1. The molecule has 0 saturated heterocycles. The maximum absolute atomic E-state index is 12.9. The summed E-state index contributed by atoms with van der Waals surface area (Å²) in [6, 6.07) is 4.34. The maximum Gasteiger partial charge on any atom is 0.329 e. The topological polar surface area (TPSA) is 89.1 Å². The minimum atomic E-state index is -0.556. The second kappa shape index (κ2) is 6.70. The van der Waals surface area contributed by atoms with Crippen LogP contribution in [0.5, 0.6) is 0 Å². The number of hydrogen-bond donors (Lipinski definition) is 2. The van der Waals surface area contributed by atoms with E-state index in [9.17, 15) is 9.18 Å². The van der Waals surface area contributed by atoms with Crippen molar-refractivity contribution in [2.75, 3.05) is 0 Å². The Bertz CT molecular complexity index is 505. The lowest BCUT2D eigenvalue weighted by atomic mass is 10.2. The molecule has 6 nitrogen and oxygen atoms in total. The van der Waals surface area contributed by atoms with E-state index in [2.05, 4.69) is 36.5 Å². The molecule has 1 rings (SSSR count). The molecule has 0 aliphatic rings. The zero-order valence-corrected chi connectivity index (χ0v) is 10.9. The molecule has 0 aliphatic heterocycles. The molecule has 0 bridgehead atoms. The van der Waals surface area contributed by atoms with Gasteiger partial charge in [-0.25, -0.2) is 4.39 Å². The standard InChI is InChI=1S/C10H10BrFN4O2/c1-6(17)18-16-10(13)15-14-5-7-2-3-9(12)8(11)4-7/h2-5H,1H3,(H3,13,15,16). The number of hydrogen-bond acceptors (Lipinski definition) is 4. The molecule has 0 amide bonds. The van der Waals surface area contributed by atoms with Gasteiger partial charge in [0.25, 0.3) is 0 Å².